The number of carbonyl (C=O) groups is 1. The summed E-state index contributed by atoms with van der Waals surface area (Å²) in [4.78, 5) is 13.0. The highest BCUT2D eigenvalue weighted by molar-refractivity contribution is 6.34. The molecule has 1 aliphatic heterocycles. The van der Waals surface area contributed by atoms with E-state index in [4.69, 9.17) is 11.6 Å². The minimum Gasteiger partial charge on any atom is -0.396 e. The summed E-state index contributed by atoms with van der Waals surface area (Å²) in [6.45, 7) is 12.3. The Hall–Kier alpha value is -1.78. The summed E-state index contributed by atoms with van der Waals surface area (Å²) in [6.07, 6.45) is 1.30. The zero-order valence-electron chi connectivity index (χ0n) is 17.5. The Morgan fingerprint density at radius 3 is 2.68 bits per heavy atom. The van der Waals surface area contributed by atoms with E-state index in [2.05, 4.69) is 44.5 Å². The molecule has 0 saturated carbocycles. The quantitative estimate of drug-likeness (QED) is 0.735. The predicted molar refractivity (Wildman–Crippen MR) is 117 cm³/mol. The molecule has 28 heavy (non-hydrogen) atoms. The molecule has 1 amide bonds. The van der Waals surface area contributed by atoms with Crippen LogP contribution in [0.5, 0.6) is 0 Å². The second kappa shape index (κ2) is 8.30. The molecule has 1 aliphatic rings. The van der Waals surface area contributed by atoms with Gasteiger partial charge in [0.05, 0.1) is 10.5 Å². The van der Waals surface area contributed by atoms with Crippen LogP contribution in [0.3, 0.4) is 0 Å². The molecule has 2 aromatic rings. The lowest BCUT2D eigenvalue weighted by molar-refractivity contribution is 0.0948. The number of nitrogens with one attached hydrogen (secondary N) is 1. The maximum absolute atomic E-state index is 13.0. The van der Waals surface area contributed by atoms with E-state index in [0.29, 0.717) is 31.2 Å². The Morgan fingerprint density at radius 1 is 1.36 bits per heavy atom. The third-order valence-electron chi connectivity index (χ3n) is 5.57. The first-order valence-corrected chi connectivity index (χ1v) is 10.6. The summed E-state index contributed by atoms with van der Waals surface area (Å²) in [6, 6.07) is 3.99. The number of hydrogen-bond donors (Lipinski definition) is 2. The van der Waals surface area contributed by atoms with Gasteiger partial charge in [-0.15, -0.1) is 0 Å². The van der Waals surface area contributed by atoms with E-state index < -0.39 is 0 Å². The second-order valence-corrected chi connectivity index (χ2v) is 8.87. The predicted octanol–water partition coefficient (Wildman–Crippen LogP) is 5.05. The summed E-state index contributed by atoms with van der Waals surface area (Å²) < 4.78 is 2.18. The van der Waals surface area contributed by atoms with Crippen molar-refractivity contribution >= 4 is 34.0 Å². The average molecular weight is 403 g/mol. The van der Waals surface area contributed by atoms with E-state index in [1.807, 2.05) is 12.1 Å². The standard InChI is InChI=1S/C23H31ClN2O2/c1-13(2)19(14(3)4)20-18(24)9-8-17-16(7-6-10-27)22-23(28)25-11-15(5)12-26(22)21(17)20/h8-9,13,15,27H,6-7,10-12H2,1-5H3,(H,25,28). The number of hydrogen-bond acceptors (Lipinski definition) is 2. The van der Waals surface area contributed by atoms with Gasteiger partial charge in [-0.1, -0.05) is 44.0 Å². The average Bonchev–Trinajstić information content (AvgIpc) is 2.84. The fraction of sp³-hybridized carbons (Fsp3) is 0.522. The molecule has 0 saturated heterocycles. The third kappa shape index (κ3) is 3.60. The van der Waals surface area contributed by atoms with E-state index in [1.54, 1.807) is 0 Å². The van der Waals surface area contributed by atoms with Crippen LogP contribution < -0.4 is 5.32 Å². The fourth-order valence-electron chi connectivity index (χ4n) is 4.54. The van der Waals surface area contributed by atoms with Crippen molar-refractivity contribution in [3.8, 4) is 0 Å². The lowest BCUT2D eigenvalue weighted by Gasteiger charge is -2.20. The van der Waals surface area contributed by atoms with Crippen molar-refractivity contribution in [1.82, 2.24) is 9.88 Å². The minimum absolute atomic E-state index is 0.0288. The van der Waals surface area contributed by atoms with E-state index in [1.165, 1.54) is 11.1 Å². The van der Waals surface area contributed by atoms with E-state index >= 15 is 0 Å². The van der Waals surface area contributed by atoms with Crippen LogP contribution in [-0.4, -0.2) is 28.7 Å². The molecule has 1 aromatic heterocycles. The molecule has 2 N–H and O–H groups in total. The first kappa shape index (κ1) is 20.9. The first-order valence-electron chi connectivity index (χ1n) is 10.2. The number of benzene rings is 1. The normalized spacial score (nSPS) is 16.9. The molecule has 0 aliphatic carbocycles. The zero-order chi connectivity index (χ0) is 20.6. The number of aliphatic hydroxyl groups excluding tert-OH is 1. The minimum atomic E-state index is -0.0288. The van der Waals surface area contributed by atoms with Gasteiger partial charge in [0.1, 0.15) is 5.69 Å². The van der Waals surface area contributed by atoms with Gasteiger partial charge in [-0.25, -0.2) is 0 Å². The van der Waals surface area contributed by atoms with Gasteiger partial charge in [0.2, 0.25) is 0 Å². The van der Waals surface area contributed by atoms with Gasteiger partial charge < -0.3 is 15.0 Å². The molecule has 4 nitrogen and oxygen atoms in total. The number of nitrogens with zero attached hydrogens (tertiary/aromatic N) is 1. The van der Waals surface area contributed by atoms with Gasteiger partial charge in [-0.2, -0.15) is 0 Å². The molecule has 1 unspecified atom stereocenters. The molecule has 152 valence electrons. The van der Waals surface area contributed by atoms with Crippen LogP contribution in [0, 0.1) is 11.8 Å². The Labute approximate surface area is 172 Å². The van der Waals surface area contributed by atoms with Crippen molar-refractivity contribution in [2.75, 3.05) is 13.2 Å². The largest absolute Gasteiger partial charge is 0.396 e. The van der Waals surface area contributed by atoms with Gasteiger partial charge in [-0.05, 0) is 55.7 Å². The molecule has 1 aromatic carbocycles. The Kier molecular flexibility index (Phi) is 6.21. The molecule has 0 fully saturated rings. The van der Waals surface area contributed by atoms with Crippen molar-refractivity contribution in [2.24, 2.45) is 11.8 Å². The lowest BCUT2D eigenvalue weighted by atomic mass is 9.89. The molecule has 3 rings (SSSR count). The second-order valence-electron chi connectivity index (χ2n) is 8.47. The Bertz CT molecular complexity index is 936. The van der Waals surface area contributed by atoms with Crippen LogP contribution in [0.25, 0.3) is 16.5 Å². The maximum Gasteiger partial charge on any atom is 0.268 e. The van der Waals surface area contributed by atoms with Gasteiger partial charge in [0.25, 0.3) is 5.91 Å². The number of aromatic nitrogens is 1. The fourth-order valence-corrected chi connectivity index (χ4v) is 4.80. The molecule has 0 bridgehead atoms. The number of carbonyl (C=O) groups excluding carboxylic acids is 1. The summed E-state index contributed by atoms with van der Waals surface area (Å²) >= 11 is 6.77. The third-order valence-corrected chi connectivity index (χ3v) is 5.88. The van der Waals surface area contributed by atoms with Crippen LogP contribution >= 0.6 is 11.6 Å². The SMILES string of the molecule is CC(C)=C(c1c(Cl)ccc2c(CCCO)c3n(c12)CC(C)CNC3=O)C(C)C. The van der Waals surface area contributed by atoms with Crippen LogP contribution in [0.15, 0.2) is 17.7 Å². The molecule has 1 atom stereocenters. The Morgan fingerprint density at radius 2 is 2.07 bits per heavy atom. The highest BCUT2D eigenvalue weighted by Gasteiger charge is 2.29. The first-order chi connectivity index (χ1) is 13.3. The number of fused-ring (bicyclic) bond motifs is 3. The zero-order valence-corrected chi connectivity index (χ0v) is 18.3. The van der Waals surface area contributed by atoms with Gasteiger partial charge >= 0.3 is 0 Å². The van der Waals surface area contributed by atoms with Gasteiger partial charge in [0, 0.05) is 30.6 Å². The lowest BCUT2D eigenvalue weighted by Crippen LogP contribution is -2.26. The smallest absolute Gasteiger partial charge is 0.268 e. The van der Waals surface area contributed by atoms with Crippen molar-refractivity contribution in [3.05, 3.63) is 39.5 Å². The Balaban J connectivity index is 2.45. The number of halogens is 1. The highest BCUT2D eigenvalue weighted by Crippen LogP contribution is 2.41. The molecular weight excluding hydrogens is 372 g/mol. The number of allylic oxidation sites excluding steroid dienone is 2. The number of amides is 1. The van der Waals surface area contributed by atoms with Crippen LogP contribution in [0.1, 0.15) is 62.7 Å². The summed E-state index contributed by atoms with van der Waals surface area (Å²) in [5.74, 6) is 0.614. The van der Waals surface area contributed by atoms with Crippen LogP contribution in [-0.2, 0) is 13.0 Å². The topological polar surface area (TPSA) is 54.3 Å². The van der Waals surface area contributed by atoms with Crippen LogP contribution in [0.2, 0.25) is 5.02 Å². The van der Waals surface area contributed by atoms with E-state index in [9.17, 15) is 9.90 Å². The van der Waals surface area contributed by atoms with Crippen molar-refractivity contribution in [3.63, 3.8) is 0 Å². The highest BCUT2D eigenvalue weighted by atomic mass is 35.5. The van der Waals surface area contributed by atoms with Crippen LogP contribution in [0.4, 0.5) is 0 Å². The summed E-state index contributed by atoms with van der Waals surface area (Å²) in [5, 5.41) is 14.3. The molecule has 0 spiro atoms. The van der Waals surface area contributed by atoms with Gasteiger partial charge in [-0.3, -0.25) is 4.79 Å². The maximum atomic E-state index is 13.0. The molecule has 0 radical (unpaired) electrons. The van der Waals surface area contributed by atoms with Crippen molar-refractivity contribution < 1.29 is 9.90 Å². The van der Waals surface area contributed by atoms with E-state index in [-0.39, 0.29) is 12.5 Å². The number of aliphatic hydroxyl groups is 1. The van der Waals surface area contributed by atoms with Crippen molar-refractivity contribution in [2.45, 2.75) is 54.0 Å². The monoisotopic (exact) mass is 402 g/mol. The molecule has 5 heteroatoms. The number of aryl methyl sites for hydroxylation is 1. The van der Waals surface area contributed by atoms with Crippen molar-refractivity contribution in [1.29, 1.82) is 0 Å². The van der Waals surface area contributed by atoms with E-state index in [0.717, 1.165) is 39.3 Å². The summed E-state index contributed by atoms with van der Waals surface area (Å²) in [5.41, 5.74) is 6.33. The number of rotatable bonds is 5. The molecular formula is C23H31ClN2O2. The molecule has 2 heterocycles. The summed E-state index contributed by atoms with van der Waals surface area (Å²) in [7, 11) is 0. The van der Waals surface area contributed by atoms with Gasteiger partial charge in [0.15, 0.2) is 0 Å².